The van der Waals surface area contributed by atoms with Crippen molar-refractivity contribution in [2.24, 2.45) is 0 Å². The van der Waals surface area contributed by atoms with E-state index < -0.39 is 0 Å². The van der Waals surface area contributed by atoms with E-state index in [9.17, 15) is 5.11 Å². The predicted molar refractivity (Wildman–Crippen MR) is 56.4 cm³/mol. The van der Waals surface area contributed by atoms with Crippen LogP contribution in [0.5, 0.6) is 5.75 Å². The number of thiophene rings is 1. The van der Waals surface area contributed by atoms with Gasteiger partial charge in [-0.25, -0.2) is 0 Å². The van der Waals surface area contributed by atoms with Crippen LogP contribution in [0.3, 0.4) is 0 Å². The van der Waals surface area contributed by atoms with Crippen LogP contribution in [0.25, 0.3) is 10.4 Å². The van der Waals surface area contributed by atoms with E-state index in [-0.39, 0.29) is 5.75 Å². The van der Waals surface area contributed by atoms with Gasteiger partial charge in [-0.05, 0) is 29.1 Å². The van der Waals surface area contributed by atoms with Crippen molar-refractivity contribution in [3.05, 3.63) is 40.7 Å². The van der Waals surface area contributed by atoms with Gasteiger partial charge in [-0.3, -0.25) is 0 Å². The molecule has 1 heterocycles. The summed E-state index contributed by atoms with van der Waals surface area (Å²) in [5, 5.41) is 11.8. The minimum Gasteiger partial charge on any atom is -0.506 e. The molecule has 0 amide bonds. The second-order valence-corrected chi connectivity index (χ2v) is 4.00. The molecule has 0 saturated carbocycles. The molecule has 2 rings (SSSR count). The molecule has 0 aliphatic carbocycles. The lowest BCUT2D eigenvalue weighted by Crippen LogP contribution is -1.72. The fourth-order valence-corrected chi connectivity index (χ4v) is 1.95. The summed E-state index contributed by atoms with van der Waals surface area (Å²) in [5.74, 6) is 0.132. The van der Waals surface area contributed by atoms with Gasteiger partial charge in [0.1, 0.15) is 5.75 Å². The maximum atomic E-state index is 9.37. The van der Waals surface area contributed by atoms with E-state index in [0.29, 0.717) is 5.02 Å². The molecule has 1 N–H and O–H groups in total. The zero-order valence-corrected chi connectivity index (χ0v) is 8.27. The third-order valence-electron chi connectivity index (χ3n) is 1.75. The van der Waals surface area contributed by atoms with Crippen LogP contribution in [0, 0.1) is 0 Å². The van der Waals surface area contributed by atoms with Crippen molar-refractivity contribution in [1.29, 1.82) is 0 Å². The highest BCUT2D eigenvalue weighted by Gasteiger charge is 2.02. The van der Waals surface area contributed by atoms with Crippen LogP contribution >= 0.6 is 22.9 Å². The number of rotatable bonds is 1. The van der Waals surface area contributed by atoms with Crippen molar-refractivity contribution in [2.45, 2.75) is 0 Å². The van der Waals surface area contributed by atoms with Gasteiger partial charge in [0, 0.05) is 4.88 Å². The summed E-state index contributed by atoms with van der Waals surface area (Å²) in [6, 6.07) is 9.26. The van der Waals surface area contributed by atoms with Gasteiger partial charge in [0.05, 0.1) is 5.02 Å². The second kappa shape index (κ2) is 3.40. The molecule has 0 bridgehead atoms. The molecule has 0 aliphatic heterocycles. The summed E-state index contributed by atoms with van der Waals surface area (Å²) < 4.78 is 0. The third kappa shape index (κ3) is 1.69. The molecule has 0 radical (unpaired) electrons. The van der Waals surface area contributed by atoms with Gasteiger partial charge in [0.2, 0.25) is 0 Å². The lowest BCUT2D eigenvalue weighted by molar-refractivity contribution is 0.476. The number of hydrogen-bond donors (Lipinski definition) is 1. The van der Waals surface area contributed by atoms with Gasteiger partial charge in [0.15, 0.2) is 0 Å². The van der Waals surface area contributed by atoms with Gasteiger partial charge >= 0.3 is 0 Å². The Hall–Kier alpha value is -0.990. The Bertz CT molecular complexity index is 409. The Morgan fingerprint density at radius 3 is 2.69 bits per heavy atom. The highest BCUT2D eigenvalue weighted by atomic mass is 35.5. The lowest BCUT2D eigenvalue weighted by Gasteiger charge is -1.99. The molecule has 0 unspecified atom stereocenters. The highest BCUT2D eigenvalue weighted by molar-refractivity contribution is 7.13. The number of phenolic OH excluding ortho intramolecular Hbond substituents is 1. The van der Waals surface area contributed by atoms with E-state index in [1.807, 2.05) is 23.6 Å². The van der Waals surface area contributed by atoms with Crippen LogP contribution in [0.1, 0.15) is 0 Å². The fraction of sp³-hybridized carbons (Fsp3) is 0. The van der Waals surface area contributed by atoms with Crippen molar-refractivity contribution >= 4 is 22.9 Å². The lowest BCUT2D eigenvalue weighted by atomic mass is 10.2. The molecule has 0 saturated heterocycles. The number of aromatic hydroxyl groups is 1. The summed E-state index contributed by atoms with van der Waals surface area (Å²) >= 11 is 7.33. The van der Waals surface area contributed by atoms with E-state index >= 15 is 0 Å². The first-order valence-electron chi connectivity index (χ1n) is 3.80. The summed E-state index contributed by atoms with van der Waals surface area (Å²) in [4.78, 5) is 1.13. The van der Waals surface area contributed by atoms with Crippen LogP contribution in [-0.2, 0) is 0 Å². The summed E-state index contributed by atoms with van der Waals surface area (Å²) in [6.45, 7) is 0. The molecule has 1 nitrogen and oxygen atoms in total. The van der Waals surface area contributed by atoms with E-state index in [1.165, 1.54) is 0 Å². The number of phenols is 1. The largest absolute Gasteiger partial charge is 0.506 e. The van der Waals surface area contributed by atoms with E-state index in [0.717, 1.165) is 10.4 Å². The number of benzene rings is 1. The van der Waals surface area contributed by atoms with Crippen molar-refractivity contribution in [1.82, 2.24) is 0 Å². The predicted octanol–water partition coefficient (Wildman–Crippen LogP) is 3.77. The minimum absolute atomic E-state index is 0.132. The molecule has 13 heavy (non-hydrogen) atoms. The minimum atomic E-state index is 0.132. The van der Waals surface area contributed by atoms with E-state index in [1.54, 1.807) is 23.5 Å². The molecule has 1 aromatic heterocycles. The van der Waals surface area contributed by atoms with Gasteiger partial charge in [-0.15, -0.1) is 11.3 Å². The quantitative estimate of drug-likeness (QED) is 0.760. The van der Waals surface area contributed by atoms with Crippen molar-refractivity contribution in [2.75, 3.05) is 0 Å². The molecule has 0 spiro atoms. The first kappa shape index (κ1) is 8.60. The number of halogens is 1. The van der Waals surface area contributed by atoms with Gasteiger partial charge < -0.3 is 5.11 Å². The maximum absolute atomic E-state index is 9.37. The molecule has 0 fully saturated rings. The van der Waals surface area contributed by atoms with Gasteiger partial charge in [0.25, 0.3) is 0 Å². The average Bonchev–Trinajstić information content (AvgIpc) is 2.62. The monoisotopic (exact) mass is 210 g/mol. The van der Waals surface area contributed by atoms with Crippen LogP contribution < -0.4 is 0 Å². The molecular weight excluding hydrogens is 204 g/mol. The molecule has 1 aromatic carbocycles. The molecule has 3 heteroatoms. The van der Waals surface area contributed by atoms with Crippen molar-refractivity contribution in [3.8, 4) is 16.2 Å². The Balaban J connectivity index is 2.49. The topological polar surface area (TPSA) is 20.2 Å². The van der Waals surface area contributed by atoms with E-state index in [2.05, 4.69) is 0 Å². The van der Waals surface area contributed by atoms with Crippen molar-refractivity contribution in [3.63, 3.8) is 0 Å². The standard InChI is InChI=1S/C10H7ClOS/c11-8-4-3-7(6-9(8)12)10-2-1-5-13-10/h1-6,12H. The fourth-order valence-electron chi connectivity index (χ4n) is 1.11. The second-order valence-electron chi connectivity index (χ2n) is 2.64. The first-order chi connectivity index (χ1) is 6.27. The summed E-state index contributed by atoms with van der Waals surface area (Å²) in [5.41, 5.74) is 0.997. The maximum Gasteiger partial charge on any atom is 0.134 e. The molecule has 0 atom stereocenters. The van der Waals surface area contributed by atoms with Crippen LogP contribution in [0.4, 0.5) is 0 Å². The Morgan fingerprint density at radius 2 is 2.08 bits per heavy atom. The van der Waals surface area contributed by atoms with E-state index in [4.69, 9.17) is 11.6 Å². The zero-order valence-electron chi connectivity index (χ0n) is 6.70. The smallest absolute Gasteiger partial charge is 0.134 e. The highest BCUT2D eigenvalue weighted by Crippen LogP contribution is 2.31. The summed E-state index contributed by atoms with van der Waals surface area (Å²) in [7, 11) is 0. The normalized spacial score (nSPS) is 10.2. The molecule has 2 aromatic rings. The molecule has 0 aliphatic rings. The first-order valence-corrected chi connectivity index (χ1v) is 5.05. The third-order valence-corrected chi connectivity index (χ3v) is 2.99. The van der Waals surface area contributed by atoms with Gasteiger partial charge in [-0.2, -0.15) is 0 Å². The van der Waals surface area contributed by atoms with Crippen LogP contribution in [0.2, 0.25) is 5.02 Å². The van der Waals surface area contributed by atoms with Gasteiger partial charge in [-0.1, -0.05) is 23.7 Å². The number of hydrogen-bond acceptors (Lipinski definition) is 2. The van der Waals surface area contributed by atoms with Crippen LogP contribution in [-0.4, -0.2) is 5.11 Å². The average molecular weight is 211 g/mol. The molecular formula is C10H7ClOS. The SMILES string of the molecule is Oc1cc(-c2cccs2)ccc1Cl. The van der Waals surface area contributed by atoms with Crippen molar-refractivity contribution < 1.29 is 5.11 Å². The Kier molecular flexibility index (Phi) is 2.25. The Morgan fingerprint density at radius 1 is 1.23 bits per heavy atom. The summed E-state index contributed by atoms with van der Waals surface area (Å²) in [6.07, 6.45) is 0. The Labute approximate surface area is 85.2 Å². The van der Waals surface area contributed by atoms with Crippen LogP contribution in [0.15, 0.2) is 35.7 Å². The molecule has 66 valence electrons. The zero-order chi connectivity index (χ0) is 9.26.